The van der Waals surface area contributed by atoms with Crippen molar-refractivity contribution < 1.29 is 19.3 Å². The maximum Gasteiger partial charge on any atom is 0.292 e. The topological polar surface area (TPSA) is 129 Å². The quantitative estimate of drug-likeness (QED) is 0.341. The molecule has 164 valence electrons. The van der Waals surface area contributed by atoms with E-state index in [1.54, 1.807) is 56.3 Å². The first kappa shape index (κ1) is 22.2. The van der Waals surface area contributed by atoms with Crippen LogP contribution in [-0.2, 0) is 9.47 Å². The Bertz CT molecular complexity index is 992. The Kier molecular flexibility index (Phi) is 6.83. The fourth-order valence-electron chi connectivity index (χ4n) is 3.29. The number of nitro benzene ring substituents is 2. The minimum absolute atomic E-state index is 0.000263. The molecule has 1 atom stereocenters. The van der Waals surface area contributed by atoms with Crippen LogP contribution < -0.4 is 10.6 Å². The molecule has 0 bridgehead atoms. The number of nitrogens with one attached hydrogen (secondary N) is 2. The highest BCUT2D eigenvalue weighted by Crippen LogP contribution is 2.39. The highest BCUT2D eigenvalue weighted by molar-refractivity contribution is 5.67. The molecule has 0 spiro atoms. The van der Waals surface area contributed by atoms with Crippen molar-refractivity contribution in [2.75, 3.05) is 30.3 Å². The van der Waals surface area contributed by atoms with Gasteiger partial charge in [0.05, 0.1) is 16.5 Å². The number of nitrogens with zero attached hydrogens (tertiary/aromatic N) is 2. The minimum atomic E-state index is -0.752. The summed E-state index contributed by atoms with van der Waals surface area (Å²) in [4.78, 5) is 21.7. The monoisotopic (exact) mass is 428 g/mol. The molecule has 1 heterocycles. The van der Waals surface area contributed by atoms with Crippen LogP contribution in [-0.4, -0.2) is 35.3 Å². The van der Waals surface area contributed by atoms with Gasteiger partial charge in [0.2, 0.25) is 0 Å². The third-order valence-electron chi connectivity index (χ3n) is 4.70. The van der Waals surface area contributed by atoms with Crippen molar-refractivity contribution in [1.29, 1.82) is 0 Å². The summed E-state index contributed by atoms with van der Waals surface area (Å²) in [5, 5.41) is 28.6. The van der Waals surface area contributed by atoms with Gasteiger partial charge in [0, 0.05) is 30.8 Å². The van der Waals surface area contributed by atoms with Crippen molar-refractivity contribution in [1.82, 2.24) is 0 Å². The van der Waals surface area contributed by atoms with Crippen LogP contribution in [0.4, 0.5) is 22.7 Å². The Hall–Kier alpha value is -3.50. The Morgan fingerprint density at radius 1 is 1.00 bits per heavy atom. The lowest BCUT2D eigenvalue weighted by Crippen LogP contribution is -2.20. The molecule has 10 heteroatoms. The van der Waals surface area contributed by atoms with E-state index in [9.17, 15) is 20.2 Å². The number of benzene rings is 2. The number of hydrogen-bond acceptors (Lipinski definition) is 8. The molecule has 0 radical (unpaired) electrons. The molecule has 2 aromatic rings. The fourth-order valence-corrected chi connectivity index (χ4v) is 3.29. The van der Waals surface area contributed by atoms with Crippen LogP contribution in [0.1, 0.15) is 25.5 Å². The van der Waals surface area contributed by atoms with E-state index in [1.165, 1.54) is 12.1 Å². The van der Waals surface area contributed by atoms with Gasteiger partial charge in [-0.05, 0) is 19.9 Å². The normalized spacial score (nSPS) is 17.5. The molecular formula is C21H24N4O6. The van der Waals surface area contributed by atoms with Gasteiger partial charge in [-0.1, -0.05) is 36.4 Å². The summed E-state index contributed by atoms with van der Waals surface area (Å²) in [6.07, 6.45) is 3.16. The molecule has 3 rings (SSSR count). The molecule has 1 fully saturated rings. The summed E-state index contributed by atoms with van der Waals surface area (Å²) in [7, 11) is 0. The summed E-state index contributed by atoms with van der Waals surface area (Å²) in [5.74, 6) is -0.752. The van der Waals surface area contributed by atoms with Crippen LogP contribution in [0, 0.1) is 20.2 Å². The van der Waals surface area contributed by atoms with Crippen molar-refractivity contribution >= 4 is 22.7 Å². The van der Waals surface area contributed by atoms with Gasteiger partial charge in [-0.2, -0.15) is 0 Å². The van der Waals surface area contributed by atoms with Crippen LogP contribution >= 0.6 is 0 Å². The predicted molar refractivity (Wildman–Crippen MR) is 116 cm³/mol. The second-order valence-corrected chi connectivity index (χ2v) is 7.32. The van der Waals surface area contributed by atoms with E-state index in [2.05, 4.69) is 10.6 Å². The first-order chi connectivity index (χ1) is 14.8. The van der Waals surface area contributed by atoms with Crippen LogP contribution in [0.5, 0.6) is 0 Å². The van der Waals surface area contributed by atoms with E-state index >= 15 is 0 Å². The average molecular weight is 428 g/mol. The summed E-state index contributed by atoms with van der Waals surface area (Å²) in [6.45, 7) is 4.59. The zero-order valence-electron chi connectivity index (χ0n) is 17.2. The SMILES string of the molecule is CC1(C)OCC(c2cccc([N+](=O)[O-])c2NC/C=C/CNc2ccccc2[N+](=O)[O-])O1. The molecule has 0 aliphatic carbocycles. The number of nitro groups is 2. The molecule has 2 N–H and O–H groups in total. The van der Waals surface area contributed by atoms with Crippen LogP contribution in [0.25, 0.3) is 0 Å². The highest BCUT2D eigenvalue weighted by Gasteiger charge is 2.36. The van der Waals surface area contributed by atoms with Gasteiger partial charge in [-0.25, -0.2) is 0 Å². The zero-order valence-corrected chi connectivity index (χ0v) is 17.2. The molecule has 0 aromatic heterocycles. The van der Waals surface area contributed by atoms with Gasteiger partial charge >= 0.3 is 0 Å². The van der Waals surface area contributed by atoms with Gasteiger partial charge in [0.1, 0.15) is 17.5 Å². The molecule has 0 saturated carbocycles. The summed E-state index contributed by atoms with van der Waals surface area (Å²) in [6, 6.07) is 11.2. The van der Waals surface area contributed by atoms with Crippen molar-refractivity contribution in [3.05, 3.63) is 80.4 Å². The molecule has 10 nitrogen and oxygen atoms in total. The van der Waals surface area contributed by atoms with Crippen molar-refractivity contribution in [3.63, 3.8) is 0 Å². The maximum atomic E-state index is 11.5. The maximum absolute atomic E-state index is 11.5. The van der Waals surface area contributed by atoms with Crippen molar-refractivity contribution in [2.24, 2.45) is 0 Å². The molecule has 0 amide bonds. The van der Waals surface area contributed by atoms with Gasteiger partial charge in [0.25, 0.3) is 11.4 Å². The van der Waals surface area contributed by atoms with Crippen molar-refractivity contribution in [3.8, 4) is 0 Å². The van der Waals surface area contributed by atoms with Crippen LogP contribution in [0.2, 0.25) is 0 Å². The molecular weight excluding hydrogens is 404 g/mol. The first-order valence-electron chi connectivity index (χ1n) is 9.74. The third kappa shape index (κ3) is 5.56. The summed E-state index contributed by atoms with van der Waals surface area (Å²) in [5.41, 5.74) is 1.42. The molecule has 31 heavy (non-hydrogen) atoms. The van der Waals surface area contributed by atoms with Crippen molar-refractivity contribution in [2.45, 2.75) is 25.7 Å². The van der Waals surface area contributed by atoms with E-state index < -0.39 is 21.7 Å². The lowest BCUT2D eigenvalue weighted by atomic mass is 10.1. The Labute approximate surface area is 179 Å². The molecule has 1 saturated heterocycles. The predicted octanol–water partition coefficient (Wildman–Crippen LogP) is 4.41. The lowest BCUT2D eigenvalue weighted by Gasteiger charge is -2.19. The van der Waals surface area contributed by atoms with Gasteiger partial charge < -0.3 is 20.1 Å². The van der Waals surface area contributed by atoms with E-state index in [-0.39, 0.29) is 11.4 Å². The molecule has 1 unspecified atom stereocenters. The number of rotatable bonds is 9. The first-order valence-corrected chi connectivity index (χ1v) is 9.74. The zero-order chi connectivity index (χ0) is 22.4. The van der Waals surface area contributed by atoms with Gasteiger partial charge in [-0.15, -0.1) is 0 Å². The number of para-hydroxylation sites is 3. The summed E-state index contributed by atoms with van der Waals surface area (Å²) >= 11 is 0. The standard InChI is InChI=1S/C21H24N4O6/c1-21(2)30-14-19(31-21)15-8-7-11-18(25(28)29)20(15)23-13-6-5-12-22-16-9-3-4-10-17(16)24(26)27/h3-11,19,22-23H,12-14H2,1-2H3/b6-5+. The second kappa shape index (κ2) is 9.54. The number of anilines is 2. The molecule has 1 aliphatic heterocycles. The largest absolute Gasteiger partial charge is 0.376 e. The minimum Gasteiger partial charge on any atom is -0.376 e. The highest BCUT2D eigenvalue weighted by atomic mass is 16.7. The van der Waals surface area contributed by atoms with Gasteiger partial charge in [-0.3, -0.25) is 20.2 Å². The van der Waals surface area contributed by atoms with E-state index in [0.717, 1.165) is 0 Å². The van der Waals surface area contributed by atoms with E-state index in [1.807, 2.05) is 0 Å². The summed E-state index contributed by atoms with van der Waals surface area (Å²) < 4.78 is 11.5. The van der Waals surface area contributed by atoms with Crippen LogP contribution in [0.3, 0.4) is 0 Å². The fraction of sp³-hybridized carbons (Fsp3) is 0.333. The average Bonchev–Trinajstić information content (AvgIpc) is 3.10. The number of ether oxygens (including phenoxy) is 2. The Balaban J connectivity index is 1.65. The Morgan fingerprint density at radius 3 is 2.29 bits per heavy atom. The lowest BCUT2D eigenvalue weighted by molar-refractivity contribution is -0.384. The Morgan fingerprint density at radius 2 is 1.65 bits per heavy atom. The van der Waals surface area contributed by atoms with E-state index in [0.29, 0.717) is 36.6 Å². The second-order valence-electron chi connectivity index (χ2n) is 7.32. The molecule has 2 aromatic carbocycles. The van der Waals surface area contributed by atoms with Gasteiger partial charge in [0.15, 0.2) is 5.79 Å². The molecule has 1 aliphatic rings. The van der Waals surface area contributed by atoms with E-state index in [4.69, 9.17) is 9.47 Å². The number of hydrogen-bond donors (Lipinski definition) is 2. The van der Waals surface area contributed by atoms with Crippen LogP contribution in [0.15, 0.2) is 54.6 Å². The third-order valence-corrected chi connectivity index (χ3v) is 4.70. The smallest absolute Gasteiger partial charge is 0.292 e.